The SMILES string of the molecule is CC(=O)Nc1ccc(-c2cc(C(F)(F)F)nn2-c2ccc(S(N)(=O)=O)cc2CO)cc1. The molecule has 164 valence electrons. The summed E-state index contributed by atoms with van der Waals surface area (Å²) in [6.45, 7) is 0.654. The van der Waals surface area contributed by atoms with Crippen molar-refractivity contribution in [3.63, 3.8) is 0 Å². The molecule has 0 aliphatic rings. The number of aliphatic hydroxyl groups excluding tert-OH is 1. The maximum absolute atomic E-state index is 13.4. The van der Waals surface area contributed by atoms with Gasteiger partial charge in [0.15, 0.2) is 5.69 Å². The van der Waals surface area contributed by atoms with Crippen molar-refractivity contribution in [2.24, 2.45) is 5.14 Å². The first-order valence-electron chi connectivity index (χ1n) is 8.72. The van der Waals surface area contributed by atoms with Crippen LogP contribution in [0.4, 0.5) is 18.9 Å². The zero-order valence-electron chi connectivity index (χ0n) is 16.0. The molecular weight excluding hydrogens is 437 g/mol. The normalized spacial score (nSPS) is 12.1. The summed E-state index contributed by atoms with van der Waals surface area (Å²) in [5.41, 5.74) is -0.276. The van der Waals surface area contributed by atoms with E-state index in [1.807, 2.05) is 0 Å². The van der Waals surface area contributed by atoms with Crippen LogP contribution in [0.3, 0.4) is 0 Å². The Morgan fingerprint density at radius 2 is 1.81 bits per heavy atom. The molecule has 0 saturated carbocycles. The summed E-state index contributed by atoms with van der Waals surface area (Å²) in [4.78, 5) is 10.9. The predicted molar refractivity (Wildman–Crippen MR) is 106 cm³/mol. The number of alkyl halides is 3. The number of benzene rings is 2. The summed E-state index contributed by atoms with van der Waals surface area (Å²) in [5.74, 6) is -0.306. The molecule has 0 atom stereocenters. The van der Waals surface area contributed by atoms with E-state index in [0.717, 1.165) is 22.9 Å². The number of aliphatic hydroxyl groups is 1. The van der Waals surface area contributed by atoms with Gasteiger partial charge in [0.05, 0.1) is 22.9 Å². The van der Waals surface area contributed by atoms with Gasteiger partial charge in [-0.25, -0.2) is 18.2 Å². The molecule has 1 amide bonds. The van der Waals surface area contributed by atoms with E-state index in [-0.39, 0.29) is 27.7 Å². The van der Waals surface area contributed by atoms with Gasteiger partial charge in [0.1, 0.15) is 0 Å². The molecule has 0 aliphatic carbocycles. The summed E-state index contributed by atoms with van der Waals surface area (Å²) in [5, 5.41) is 21.0. The van der Waals surface area contributed by atoms with Crippen LogP contribution in [-0.4, -0.2) is 29.2 Å². The van der Waals surface area contributed by atoms with Gasteiger partial charge in [-0.05, 0) is 36.4 Å². The number of anilines is 1. The third-order valence-corrected chi connectivity index (χ3v) is 5.19. The lowest BCUT2D eigenvalue weighted by Gasteiger charge is -2.13. The summed E-state index contributed by atoms with van der Waals surface area (Å²) < 4.78 is 64.2. The molecule has 31 heavy (non-hydrogen) atoms. The minimum absolute atomic E-state index is 0.0134. The summed E-state index contributed by atoms with van der Waals surface area (Å²) in [6.07, 6.45) is -4.74. The van der Waals surface area contributed by atoms with E-state index >= 15 is 0 Å². The van der Waals surface area contributed by atoms with Crippen molar-refractivity contribution in [3.05, 3.63) is 59.8 Å². The first-order valence-corrected chi connectivity index (χ1v) is 10.3. The number of aromatic nitrogens is 2. The molecule has 0 radical (unpaired) electrons. The predicted octanol–water partition coefficient (Wildman–Crippen LogP) is 2.66. The summed E-state index contributed by atoms with van der Waals surface area (Å²) in [7, 11) is -4.08. The van der Waals surface area contributed by atoms with E-state index in [9.17, 15) is 31.5 Å². The van der Waals surface area contributed by atoms with Crippen LogP contribution in [0.2, 0.25) is 0 Å². The Morgan fingerprint density at radius 1 is 1.16 bits per heavy atom. The fourth-order valence-corrected chi connectivity index (χ4v) is 3.47. The van der Waals surface area contributed by atoms with Crippen molar-refractivity contribution in [2.75, 3.05) is 5.32 Å². The largest absolute Gasteiger partial charge is 0.435 e. The maximum atomic E-state index is 13.4. The smallest absolute Gasteiger partial charge is 0.392 e. The van der Waals surface area contributed by atoms with Crippen LogP contribution in [0.15, 0.2) is 53.4 Å². The van der Waals surface area contributed by atoms with E-state index < -0.39 is 28.5 Å². The second-order valence-corrected chi connectivity index (χ2v) is 8.14. The molecule has 0 fully saturated rings. The van der Waals surface area contributed by atoms with Crippen LogP contribution in [-0.2, 0) is 27.6 Å². The molecule has 4 N–H and O–H groups in total. The second kappa shape index (κ2) is 8.13. The second-order valence-electron chi connectivity index (χ2n) is 6.58. The quantitative estimate of drug-likeness (QED) is 0.546. The molecule has 3 aromatic rings. The van der Waals surface area contributed by atoms with Crippen LogP contribution in [0.25, 0.3) is 16.9 Å². The van der Waals surface area contributed by atoms with Crippen molar-refractivity contribution in [1.29, 1.82) is 0 Å². The van der Waals surface area contributed by atoms with E-state index in [0.29, 0.717) is 11.3 Å². The number of nitrogens with one attached hydrogen (secondary N) is 1. The Hall–Kier alpha value is -3.22. The molecule has 12 heteroatoms. The van der Waals surface area contributed by atoms with E-state index in [4.69, 9.17) is 5.14 Å². The summed E-state index contributed by atoms with van der Waals surface area (Å²) >= 11 is 0. The minimum Gasteiger partial charge on any atom is -0.392 e. The van der Waals surface area contributed by atoms with Gasteiger partial charge in [-0.3, -0.25) is 4.79 Å². The molecule has 0 saturated heterocycles. The van der Waals surface area contributed by atoms with Gasteiger partial charge in [-0.1, -0.05) is 12.1 Å². The number of halogens is 3. The number of nitrogens with zero attached hydrogens (tertiary/aromatic N) is 2. The molecule has 0 aliphatic heterocycles. The first kappa shape index (κ1) is 22.5. The highest BCUT2D eigenvalue weighted by Gasteiger charge is 2.35. The number of primary sulfonamides is 1. The molecule has 0 spiro atoms. The highest BCUT2D eigenvalue weighted by molar-refractivity contribution is 7.89. The topological polar surface area (TPSA) is 127 Å². The Kier molecular flexibility index (Phi) is 5.89. The maximum Gasteiger partial charge on any atom is 0.435 e. The zero-order chi connectivity index (χ0) is 23.0. The third-order valence-electron chi connectivity index (χ3n) is 4.28. The third kappa shape index (κ3) is 4.93. The number of hydrogen-bond acceptors (Lipinski definition) is 5. The monoisotopic (exact) mass is 454 g/mol. The molecule has 2 aromatic carbocycles. The minimum atomic E-state index is -4.74. The molecule has 8 nitrogen and oxygen atoms in total. The van der Waals surface area contributed by atoms with Gasteiger partial charge in [-0.15, -0.1) is 0 Å². The van der Waals surface area contributed by atoms with Gasteiger partial charge >= 0.3 is 6.18 Å². The standard InChI is InChI=1S/C19H17F3N4O4S/c1-11(28)24-14-4-2-12(3-5-14)17-9-18(19(20,21)22)25-26(17)16-7-6-15(31(23,29)30)8-13(16)10-27/h2-9,27H,10H2,1H3,(H,24,28)(H2,23,29,30). The van der Waals surface area contributed by atoms with E-state index in [2.05, 4.69) is 10.4 Å². The zero-order valence-corrected chi connectivity index (χ0v) is 16.8. The first-order chi connectivity index (χ1) is 14.4. The number of amides is 1. The van der Waals surface area contributed by atoms with Crippen molar-refractivity contribution >= 4 is 21.6 Å². The Morgan fingerprint density at radius 3 is 2.32 bits per heavy atom. The number of nitrogens with two attached hydrogens (primary N) is 1. The Bertz CT molecular complexity index is 1240. The average Bonchev–Trinajstić information content (AvgIpc) is 3.12. The lowest BCUT2D eigenvalue weighted by atomic mass is 10.1. The molecular formula is C19H17F3N4O4S. The lowest BCUT2D eigenvalue weighted by molar-refractivity contribution is -0.141. The van der Waals surface area contributed by atoms with Gasteiger partial charge < -0.3 is 10.4 Å². The molecule has 1 heterocycles. The van der Waals surface area contributed by atoms with Gasteiger partial charge in [-0.2, -0.15) is 18.3 Å². The van der Waals surface area contributed by atoms with E-state index in [1.165, 1.54) is 37.3 Å². The number of carbonyl (C=O) groups excluding carboxylic acids is 1. The van der Waals surface area contributed by atoms with Crippen LogP contribution in [0, 0.1) is 0 Å². The Labute approximate surface area is 175 Å². The van der Waals surface area contributed by atoms with Crippen LogP contribution in [0.5, 0.6) is 0 Å². The highest BCUT2D eigenvalue weighted by Crippen LogP contribution is 2.34. The van der Waals surface area contributed by atoms with Crippen molar-refractivity contribution < 1.29 is 31.5 Å². The van der Waals surface area contributed by atoms with Crippen molar-refractivity contribution in [3.8, 4) is 16.9 Å². The molecule has 3 rings (SSSR count). The fraction of sp³-hybridized carbons (Fsp3) is 0.158. The van der Waals surface area contributed by atoms with Crippen LogP contribution < -0.4 is 10.5 Å². The van der Waals surface area contributed by atoms with Crippen molar-refractivity contribution in [1.82, 2.24) is 9.78 Å². The fourth-order valence-electron chi connectivity index (χ4n) is 2.91. The molecule has 0 unspecified atom stereocenters. The Balaban J connectivity index is 2.19. The highest BCUT2D eigenvalue weighted by atomic mass is 32.2. The lowest BCUT2D eigenvalue weighted by Crippen LogP contribution is -2.14. The van der Waals surface area contributed by atoms with Gasteiger partial charge in [0.2, 0.25) is 15.9 Å². The van der Waals surface area contributed by atoms with Gasteiger partial charge in [0.25, 0.3) is 0 Å². The number of carbonyl (C=O) groups is 1. The number of rotatable bonds is 5. The van der Waals surface area contributed by atoms with Gasteiger partial charge in [0, 0.05) is 23.7 Å². The van der Waals surface area contributed by atoms with Crippen LogP contribution in [0.1, 0.15) is 18.2 Å². The summed E-state index contributed by atoms with van der Waals surface area (Å²) in [6, 6.07) is 10.3. The number of hydrogen-bond donors (Lipinski definition) is 3. The number of sulfonamides is 1. The molecule has 1 aromatic heterocycles. The average molecular weight is 454 g/mol. The molecule has 0 bridgehead atoms. The van der Waals surface area contributed by atoms with Crippen LogP contribution >= 0.6 is 0 Å². The van der Waals surface area contributed by atoms with Crippen molar-refractivity contribution in [2.45, 2.75) is 24.6 Å². The van der Waals surface area contributed by atoms with E-state index in [1.54, 1.807) is 0 Å².